The van der Waals surface area contributed by atoms with Crippen LogP contribution in [0.2, 0.25) is 0 Å². The molecule has 1 fully saturated rings. The van der Waals surface area contributed by atoms with Crippen molar-refractivity contribution in [3.63, 3.8) is 0 Å². The third kappa shape index (κ3) is 2.16. The number of anilines is 1. The number of para-hydroxylation sites is 1. The van der Waals surface area contributed by atoms with Gasteiger partial charge < -0.3 is 4.90 Å². The maximum atomic E-state index is 14.6. The van der Waals surface area contributed by atoms with E-state index in [1.807, 2.05) is 23.9 Å². The topological polar surface area (TPSA) is 3.24 Å². The first-order valence-corrected chi connectivity index (χ1v) is 9.63. The van der Waals surface area contributed by atoms with Gasteiger partial charge in [-0.25, -0.2) is 8.78 Å². The van der Waals surface area contributed by atoms with E-state index in [1.54, 1.807) is 6.07 Å². The van der Waals surface area contributed by atoms with Crippen LogP contribution in [0.4, 0.5) is 14.5 Å². The van der Waals surface area contributed by atoms with Gasteiger partial charge in [-0.05, 0) is 23.3 Å². The van der Waals surface area contributed by atoms with Gasteiger partial charge in [-0.15, -0.1) is 0 Å². The molecule has 1 saturated heterocycles. The molecule has 2 heterocycles. The summed E-state index contributed by atoms with van der Waals surface area (Å²) in [4.78, 5) is 2.26. The second-order valence-corrected chi connectivity index (χ2v) is 7.97. The number of nitrogens with zero attached hydrogens (tertiary/aromatic N) is 1. The molecule has 2 unspecified atom stereocenters. The zero-order valence-corrected chi connectivity index (χ0v) is 14.7. The predicted molar refractivity (Wildman–Crippen MR) is 96.1 cm³/mol. The van der Waals surface area contributed by atoms with Crippen LogP contribution in [0.25, 0.3) is 0 Å². The molecule has 2 aliphatic rings. The van der Waals surface area contributed by atoms with E-state index in [4.69, 9.17) is 0 Å². The molecular formula is C17H14F2INS. The van der Waals surface area contributed by atoms with Gasteiger partial charge in [-0.3, -0.25) is 0 Å². The first-order chi connectivity index (χ1) is 10.7. The lowest BCUT2D eigenvalue weighted by molar-refractivity contribution is 0.486. The zero-order chi connectivity index (χ0) is 15.3. The lowest BCUT2D eigenvalue weighted by atomic mass is 9.96. The van der Waals surface area contributed by atoms with E-state index in [2.05, 4.69) is 39.6 Å². The highest BCUT2D eigenvalue weighted by molar-refractivity contribution is 14.1. The van der Waals surface area contributed by atoms with Gasteiger partial charge in [0, 0.05) is 29.3 Å². The summed E-state index contributed by atoms with van der Waals surface area (Å²) >= 11 is 4.15. The molecule has 0 saturated carbocycles. The van der Waals surface area contributed by atoms with Crippen molar-refractivity contribution in [2.45, 2.75) is 9.97 Å². The SMILES string of the molecule is Fc1ccc2c(c1F)C1CSCCN1c1ccccc1C2I. The number of hydrogen-bond donors (Lipinski definition) is 0. The number of alkyl halides is 1. The van der Waals surface area contributed by atoms with E-state index in [0.29, 0.717) is 5.56 Å². The quantitative estimate of drug-likeness (QED) is 0.424. The zero-order valence-electron chi connectivity index (χ0n) is 11.7. The van der Waals surface area contributed by atoms with Gasteiger partial charge in [-0.2, -0.15) is 11.8 Å². The molecular weight excluding hydrogens is 415 g/mol. The number of rotatable bonds is 0. The lowest BCUT2D eigenvalue weighted by Gasteiger charge is -2.37. The van der Waals surface area contributed by atoms with Crippen LogP contribution in [0.3, 0.4) is 0 Å². The largest absolute Gasteiger partial charge is 0.362 e. The predicted octanol–water partition coefficient (Wildman–Crippen LogP) is 5.10. The summed E-state index contributed by atoms with van der Waals surface area (Å²) in [7, 11) is 0. The first kappa shape index (κ1) is 14.8. The number of thioether (sulfide) groups is 1. The second-order valence-electron chi connectivity index (χ2n) is 5.57. The molecule has 114 valence electrons. The van der Waals surface area contributed by atoms with Crippen molar-refractivity contribution >= 4 is 40.0 Å². The Labute approximate surface area is 146 Å². The van der Waals surface area contributed by atoms with Crippen LogP contribution < -0.4 is 4.90 Å². The van der Waals surface area contributed by atoms with Gasteiger partial charge in [0.2, 0.25) is 0 Å². The Hall–Kier alpha value is -0.820. The molecule has 0 aliphatic carbocycles. The maximum absolute atomic E-state index is 14.6. The van der Waals surface area contributed by atoms with E-state index in [1.165, 1.54) is 11.6 Å². The minimum absolute atomic E-state index is 0.0366. The molecule has 2 aromatic rings. The molecule has 0 bridgehead atoms. The molecule has 2 aromatic carbocycles. The summed E-state index contributed by atoms with van der Waals surface area (Å²) in [5.74, 6) is 0.391. The molecule has 0 N–H and O–H groups in total. The van der Waals surface area contributed by atoms with Crippen LogP contribution in [-0.2, 0) is 0 Å². The number of halogens is 3. The van der Waals surface area contributed by atoms with Gasteiger partial charge >= 0.3 is 0 Å². The van der Waals surface area contributed by atoms with E-state index in [-0.39, 0.29) is 9.97 Å². The van der Waals surface area contributed by atoms with E-state index < -0.39 is 11.6 Å². The molecule has 0 amide bonds. The van der Waals surface area contributed by atoms with Crippen molar-refractivity contribution < 1.29 is 8.78 Å². The van der Waals surface area contributed by atoms with Crippen molar-refractivity contribution in [2.24, 2.45) is 0 Å². The van der Waals surface area contributed by atoms with Crippen molar-refractivity contribution in [2.75, 3.05) is 23.0 Å². The Bertz CT molecular complexity index is 737. The molecule has 0 radical (unpaired) electrons. The Morgan fingerprint density at radius 3 is 2.77 bits per heavy atom. The summed E-state index contributed by atoms with van der Waals surface area (Å²) in [6, 6.07) is 11.2. The van der Waals surface area contributed by atoms with Gasteiger partial charge in [0.1, 0.15) is 0 Å². The van der Waals surface area contributed by atoms with Crippen LogP contribution in [-0.4, -0.2) is 18.1 Å². The van der Waals surface area contributed by atoms with Gasteiger partial charge in [-0.1, -0.05) is 46.9 Å². The van der Waals surface area contributed by atoms with Crippen molar-refractivity contribution in [1.82, 2.24) is 0 Å². The van der Waals surface area contributed by atoms with E-state index in [0.717, 1.165) is 29.3 Å². The van der Waals surface area contributed by atoms with Crippen LogP contribution in [0.15, 0.2) is 36.4 Å². The Morgan fingerprint density at radius 2 is 1.91 bits per heavy atom. The van der Waals surface area contributed by atoms with Crippen LogP contribution in [0, 0.1) is 11.6 Å². The standard InChI is InChI=1S/C17H14F2INS/c18-12-6-5-11-15(16(12)19)14-9-22-8-7-21(14)13-4-2-1-3-10(13)17(11)20/h1-6,14,17H,7-9H2. The van der Waals surface area contributed by atoms with Gasteiger partial charge in [0.05, 0.1) is 9.97 Å². The maximum Gasteiger partial charge on any atom is 0.164 e. The van der Waals surface area contributed by atoms with Crippen molar-refractivity contribution in [3.05, 3.63) is 64.7 Å². The highest BCUT2D eigenvalue weighted by atomic mass is 127. The normalized spacial score (nSPS) is 23.3. The summed E-state index contributed by atoms with van der Waals surface area (Å²) in [5.41, 5.74) is 3.79. The van der Waals surface area contributed by atoms with Crippen molar-refractivity contribution in [3.8, 4) is 0 Å². The van der Waals surface area contributed by atoms with Crippen LogP contribution in [0.5, 0.6) is 0 Å². The van der Waals surface area contributed by atoms with Crippen LogP contribution in [0.1, 0.15) is 26.7 Å². The first-order valence-electron chi connectivity index (χ1n) is 7.23. The fourth-order valence-electron chi connectivity index (χ4n) is 3.40. The fraction of sp³-hybridized carbons (Fsp3) is 0.294. The molecule has 2 aliphatic heterocycles. The molecule has 5 heteroatoms. The molecule has 0 spiro atoms. The summed E-state index contributed by atoms with van der Waals surface area (Å²) in [6.45, 7) is 0.866. The Kier molecular flexibility index (Phi) is 3.80. The third-order valence-electron chi connectivity index (χ3n) is 4.42. The second kappa shape index (κ2) is 5.67. The van der Waals surface area contributed by atoms with E-state index >= 15 is 0 Å². The minimum Gasteiger partial charge on any atom is -0.362 e. The molecule has 2 atom stereocenters. The molecule has 0 aromatic heterocycles. The Balaban J connectivity index is 2.02. The summed E-state index contributed by atoms with van der Waals surface area (Å²) < 4.78 is 28.5. The average Bonchev–Trinajstić information content (AvgIpc) is 2.66. The fourth-order valence-corrected chi connectivity index (χ4v) is 5.54. The Morgan fingerprint density at radius 1 is 1.09 bits per heavy atom. The van der Waals surface area contributed by atoms with Crippen LogP contribution >= 0.6 is 34.4 Å². The van der Waals surface area contributed by atoms with Gasteiger partial charge in [0.25, 0.3) is 0 Å². The number of hydrogen-bond acceptors (Lipinski definition) is 2. The number of benzene rings is 2. The van der Waals surface area contributed by atoms with Gasteiger partial charge in [0.15, 0.2) is 11.6 Å². The minimum atomic E-state index is -0.746. The third-order valence-corrected chi connectivity index (χ3v) is 6.79. The highest BCUT2D eigenvalue weighted by Gasteiger charge is 2.36. The molecule has 1 nitrogen and oxygen atoms in total. The smallest absolute Gasteiger partial charge is 0.164 e. The van der Waals surface area contributed by atoms with E-state index in [9.17, 15) is 8.78 Å². The summed E-state index contributed by atoms with van der Waals surface area (Å²) in [6.07, 6.45) is 0. The molecule has 22 heavy (non-hydrogen) atoms. The average molecular weight is 429 g/mol. The molecule has 4 rings (SSSR count). The summed E-state index contributed by atoms with van der Waals surface area (Å²) in [5, 5.41) is 0. The monoisotopic (exact) mass is 429 g/mol. The van der Waals surface area contributed by atoms with Crippen molar-refractivity contribution in [1.29, 1.82) is 0 Å². The highest BCUT2D eigenvalue weighted by Crippen LogP contribution is 2.49. The number of fused-ring (bicyclic) bond motifs is 5. The lowest BCUT2D eigenvalue weighted by Crippen LogP contribution is -2.36.